The van der Waals surface area contributed by atoms with Crippen LogP contribution in [0.15, 0.2) is 18.5 Å². The zero-order chi connectivity index (χ0) is 13.9. The van der Waals surface area contributed by atoms with E-state index in [1.165, 1.54) is 0 Å². The number of rotatable bonds is 3. The summed E-state index contributed by atoms with van der Waals surface area (Å²) >= 11 is 0. The Bertz CT molecular complexity index is 614. The molecule has 3 rings (SSSR count). The molecule has 7 heteroatoms. The third-order valence-corrected chi connectivity index (χ3v) is 4.76. The molecule has 0 bridgehead atoms. The van der Waals surface area contributed by atoms with E-state index in [2.05, 4.69) is 20.3 Å². The third-order valence-electron chi connectivity index (χ3n) is 3.66. The number of hydrogen-bond acceptors (Lipinski definition) is 4. The van der Waals surface area contributed by atoms with Crippen LogP contribution in [0.1, 0.15) is 19.3 Å². The second kappa shape index (κ2) is 5.88. The van der Waals surface area contributed by atoms with Crippen molar-refractivity contribution in [2.45, 2.75) is 25.3 Å². The lowest BCUT2D eigenvalue weighted by Gasteiger charge is -2.18. The topological polar surface area (TPSA) is 73.9 Å². The summed E-state index contributed by atoms with van der Waals surface area (Å²) in [6, 6.07) is 2.29. The van der Waals surface area contributed by atoms with E-state index in [1.807, 2.05) is 16.6 Å². The number of hydrogen-bond donors (Lipinski definition) is 2. The molecule has 0 saturated carbocycles. The highest BCUT2D eigenvalue weighted by atomic mass is 32.2. The molecule has 0 aromatic carbocycles. The van der Waals surface area contributed by atoms with Crippen molar-refractivity contribution in [2.75, 3.05) is 24.7 Å². The van der Waals surface area contributed by atoms with E-state index in [0.29, 0.717) is 6.04 Å². The molecule has 3 heterocycles. The van der Waals surface area contributed by atoms with Crippen molar-refractivity contribution in [3.63, 3.8) is 0 Å². The molecule has 2 aromatic rings. The molecule has 1 aliphatic heterocycles. The van der Waals surface area contributed by atoms with E-state index in [0.717, 1.165) is 49.3 Å². The largest absolute Gasteiger partial charge is 0.366 e. The van der Waals surface area contributed by atoms with Crippen molar-refractivity contribution < 1.29 is 4.21 Å². The molecular weight excluding hydrogens is 274 g/mol. The first-order valence-electron chi connectivity index (χ1n) is 6.87. The van der Waals surface area contributed by atoms with Gasteiger partial charge in [0.2, 0.25) is 0 Å². The van der Waals surface area contributed by atoms with E-state index < -0.39 is 11.0 Å². The summed E-state index contributed by atoms with van der Waals surface area (Å²) in [5.41, 5.74) is 1.68. The van der Waals surface area contributed by atoms with Gasteiger partial charge >= 0.3 is 0 Å². The Morgan fingerprint density at radius 3 is 3.20 bits per heavy atom. The minimum absolute atomic E-state index is 0.370. The minimum Gasteiger partial charge on any atom is -0.366 e. The van der Waals surface area contributed by atoms with Crippen LogP contribution in [0, 0.1) is 0 Å². The number of fused-ring (bicyclic) bond motifs is 1. The Kier molecular flexibility index (Phi) is 3.98. The van der Waals surface area contributed by atoms with Gasteiger partial charge in [-0.3, -0.25) is 0 Å². The van der Waals surface area contributed by atoms with Crippen LogP contribution in [0.4, 0.5) is 5.82 Å². The van der Waals surface area contributed by atoms with Crippen molar-refractivity contribution in [3.05, 3.63) is 18.5 Å². The minimum atomic E-state index is -0.864. The SMILES string of the molecule is CS(=O)N1CCCC(Nc2cnc3[nH]ccc3n2)CC1. The Hall–Kier alpha value is -1.47. The molecular formula is C13H19N5OS. The van der Waals surface area contributed by atoms with E-state index in [4.69, 9.17) is 0 Å². The van der Waals surface area contributed by atoms with Gasteiger partial charge in [0.15, 0.2) is 5.65 Å². The fourth-order valence-corrected chi connectivity index (χ4v) is 3.33. The Balaban J connectivity index is 1.66. The number of H-pyrrole nitrogens is 1. The van der Waals surface area contributed by atoms with Gasteiger partial charge in [-0.2, -0.15) is 0 Å². The summed E-state index contributed by atoms with van der Waals surface area (Å²) in [7, 11) is -0.864. The van der Waals surface area contributed by atoms with E-state index in [-0.39, 0.29) is 0 Å². The molecule has 6 nitrogen and oxygen atoms in total. The maximum Gasteiger partial charge on any atom is 0.156 e. The Morgan fingerprint density at radius 2 is 2.35 bits per heavy atom. The van der Waals surface area contributed by atoms with Crippen LogP contribution in [0.25, 0.3) is 11.2 Å². The number of nitrogens with one attached hydrogen (secondary N) is 2. The van der Waals surface area contributed by atoms with E-state index >= 15 is 0 Å². The fraction of sp³-hybridized carbons (Fsp3) is 0.538. The Morgan fingerprint density at radius 1 is 1.45 bits per heavy atom. The molecule has 20 heavy (non-hydrogen) atoms. The summed E-state index contributed by atoms with van der Waals surface area (Å²) in [4.78, 5) is 11.9. The van der Waals surface area contributed by atoms with Crippen LogP contribution in [0.5, 0.6) is 0 Å². The molecule has 0 amide bonds. The molecule has 108 valence electrons. The van der Waals surface area contributed by atoms with E-state index in [9.17, 15) is 4.21 Å². The summed E-state index contributed by atoms with van der Waals surface area (Å²) in [6.45, 7) is 1.77. The van der Waals surface area contributed by atoms with Crippen molar-refractivity contribution in [3.8, 4) is 0 Å². The predicted octanol–water partition coefficient (Wildman–Crippen LogP) is 1.52. The van der Waals surface area contributed by atoms with Crippen LogP contribution in [0.3, 0.4) is 0 Å². The van der Waals surface area contributed by atoms with Gasteiger partial charge in [-0.25, -0.2) is 18.5 Å². The van der Waals surface area contributed by atoms with Crippen molar-refractivity contribution >= 4 is 28.0 Å². The predicted molar refractivity (Wildman–Crippen MR) is 80.8 cm³/mol. The van der Waals surface area contributed by atoms with Crippen LogP contribution >= 0.6 is 0 Å². The normalized spacial score (nSPS) is 22.6. The van der Waals surface area contributed by atoms with Crippen molar-refractivity contribution in [1.82, 2.24) is 19.3 Å². The average Bonchev–Trinajstić information content (AvgIpc) is 2.76. The molecule has 1 fully saturated rings. The zero-order valence-electron chi connectivity index (χ0n) is 11.5. The Labute approximate surface area is 120 Å². The zero-order valence-corrected chi connectivity index (χ0v) is 12.3. The van der Waals surface area contributed by atoms with Gasteiger partial charge in [-0.1, -0.05) is 0 Å². The second-order valence-electron chi connectivity index (χ2n) is 5.09. The first-order valence-corrected chi connectivity index (χ1v) is 8.39. The number of nitrogens with zero attached hydrogens (tertiary/aromatic N) is 3. The van der Waals surface area contributed by atoms with Crippen LogP contribution in [-0.4, -0.2) is 48.9 Å². The van der Waals surface area contributed by atoms with Gasteiger partial charge in [-0.15, -0.1) is 0 Å². The van der Waals surface area contributed by atoms with Gasteiger partial charge in [-0.05, 0) is 25.3 Å². The van der Waals surface area contributed by atoms with Gasteiger partial charge in [0.1, 0.15) is 11.3 Å². The van der Waals surface area contributed by atoms with Gasteiger partial charge < -0.3 is 10.3 Å². The maximum absolute atomic E-state index is 11.5. The molecule has 0 radical (unpaired) electrons. The highest BCUT2D eigenvalue weighted by molar-refractivity contribution is 7.81. The number of aromatic nitrogens is 3. The molecule has 2 atom stereocenters. The molecule has 2 aromatic heterocycles. The van der Waals surface area contributed by atoms with Crippen molar-refractivity contribution in [2.24, 2.45) is 0 Å². The maximum atomic E-state index is 11.5. The molecule has 0 spiro atoms. The highest BCUT2D eigenvalue weighted by Gasteiger charge is 2.19. The van der Waals surface area contributed by atoms with Crippen LogP contribution in [-0.2, 0) is 11.0 Å². The average molecular weight is 293 g/mol. The quantitative estimate of drug-likeness (QED) is 0.900. The third kappa shape index (κ3) is 2.99. The van der Waals surface area contributed by atoms with Gasteiger partial charge in [0, 0.05) is 31.6 Å². The molecule has 0 aliphatic carbocycles. The standard InChI is InChI=1S/C13H19N5OS/c1-20(19)18-7-2-3-10(5-8-18)16-12-9-15-13-11(17-12)4-6-14-13/h4,6,9-10H,2-3,5,7-8H2,1H3,(H,14,15)(H,16,17). The summed E-state index contributed by atoms with van der Waals surface area (Å²) in [6.07, 6.45) is 8.46. The first-order chi connectivity index (χ1) is 9.72. The smallest absolute Gasteiger partial charge is 0.156 e. The fourth-order valence-electron chi connectivity index (χ4n) is 2.58. The van der Waals surface area contributed by atoms with Crippen LogP contribution < -0.4 is 5.32 Å². The molecule has 1 saturated heterocycles. The highest BCUT2D eigenvalue weighted by Crippen LogP contribution is 2.17. The van der Waals surface area contributed by atoms with Crippen molar-refractivity contribution in [1.29, 1.82) is 0 Å². The van der Waals surface area contributed by atoms with E-state index in [1.54, 1.807) is 12.5 Å². The number of anilines is 1. The van der Waals surface area contributed by atoms with Crippen LogP contribution in [0.2, 0.25) is 0 Å². The second-order valence-corrected chi connectivity index (χ2v) is 6.46. The summed E-state index contributed by atoms with van der Waals surface area (Å²) in [5, 5.41) is 3.45. The number of aromatic amines is 1. The summed E-state index contributed by atoms with van der Waals surface area (Å²) in [5.74, 6) is 0.813. The first kappa shape index (κ1) is 13.5. The summed E-state index contributed by atoms with van der Waals surface area (Å²) < 4.78 is 13.6. The molecule has 2 unspecified atom stereocenters. The lowest BCUT2D eigenvalue weighted by molar-refractivity contribution is 0.461. The molecule has 1 aliphatic rings. The monoisotopic (exact) mass is 293 g/mol. The lowest BCUT2D eigenvalue weighted by atomic mass is 10.1. The van der Waals surface area contributed by atoms with Gasteiger partial charge in [0.05, 0.1) is 17.2 Å². The molecule has 2 N–H and O–H groups in total. The lowest BCUT2D eigenvalue weighted by Crippen LogP contribution is -2.27. The van der Waals surface area contributed by atoms with Gasteiger partial charge in [0.25, 0.3) is 0 Å².